The van der Waals surface area contributed by atoms with Gasteiger partial charge in [0.1, 0.15) is 0 Å². The van der Waals surface area contributed by atoms with E-state index in [0.717, 1.165) is 0 Å². The Morgan fingerprint density at radius 2 is 1.31 bits per heavy atom. The van der Waals surface area contributed by atoms with E-state index in [4.69, 9.17) is 11.6 Å². The summed E-state index contributed by atoms with van der Waals surface area (Å²) in [4.78, 5) is 0. The van der Waals surface area contributed by atoms with Gasteiger partial charge in [-0.05, 0) is 55.5 Å². The van der Waals surface area contributed by atoms with Crippen molar-refractivity contribution in [3.63, 3.8) is 0 Å². The second kappa shape index (κ2) is 4.02. The number of halogens is 2. The van der Waals surface area contributed by atoms with Crippen molar-refractivity contribution < 1.29 is 0 Å². The van der Waals surface area contributed by atoms with Crippen LogP contribution in [0, 0.1) is 27.7 Å². The van der Waals surface area contributed by atoms with Crippen LogP contribution < -0.4 is 0 Å². The summed E-state index contributed by atoms with van der Waals surface area (Å²) < 4.78 is 1.22. The smallest absolute Gasteiger partial charge is 0.0479 e. The largest absolute Gasteiger partial charge is 0.122 e. The number of hydrogen-bond acceptors (Lipinski definition) is 0. The maximum absolute atomic E-state index is 5.92. The molecule has 0 radical (unpaired) electrons. The summed E-state index contributed by atoms with van der Waals surface area (Å²) in [6.45, 7) is 8.51. The molecule has 0 N–H and O–H groups in total. The van der Waals surface area contributed by atoms with E-state index in [9.17, 15) is 0 Å². The molecule has 1 aromatic rings. The van der Waals surface area contributed by atoms with Crippen LogP contribution in [0.5, 0.6) is 0 Å². The summed E-state index contributed by atoms with van der Waals surface area (Å²) in [6.07, 6.45) is 0. The van der Waals surface area contributed by atoms with Gasteiger partial charge in [-0.15, -0.1) is 11.6 Å². The Labute approximate surface area is 93.4 Å². The third kappa shape index (κ3) is 1.77. The van der Waals surface area contributed by atoms with Crippen LogP contribution in [0.15, 0.2) is 4.47 Å². The van der Waals surface area contributed by atoms with E-state index >= 15 is 0 Å². The molecule has 2 heteroatoms. The molecule has 0 aromatic heterocycles. The SMILES string of the molecule is Cc1c(C)c(CCl)c(C)c(C)c1Br. The van der Waals surface area contributed by atoms with Crippen LogP contribution in [0.4, 0.5) is 0 Å². The minimum Gasteiger partial charge on any atom is -0.122 e. The predicted octanol–water partition coefficient (Wildman–Crippen LogP) is 4.42. The van der Waals surface area contributed by atoms with Crippen molar-refractivity contribution in [2.24, 2.45) is 0 Å². The van der Waals surface area contributed by atoms with Gasteiger partial charge in [-0.25, -0.2) is 0 Å². The standard InChI is InChI=1S/C11H14BrCl/c1-6-8(3)11(12)9(4)7(2)10(6)5-13/h5H2,1-4H3. The summed E-state index contributed by atoms with van der Waals surface area (Å²) in [5, 5.41) is 0. The van der Waals surface area contributed by atoms with Crippen molar-refractivity contribution in [2.75, 3.05) is 0 Å². The third-order valence-electron chi connectivity index (χ3n) is 2.82. The zero-order chi connectivity index (χ0) is 10.2. The fourth-order valence-electron chi connectivity index (χ4n) is 1.54. The van der Waals surface area contributed by atoms with E-state index in [1.54, 1.807) is 0 Å². The van der Waals surface area contributed by atoms with Gasteiger partial charge in [-0.3, -0.25) is 0 Å². The lowest BCUT2D eigenvalue weighted by Crippen LogP contribution is -1.98. The molecule has 13 heavy (non-hydrogen) atoms. The summed E-state index contributed by atoms with van der Waals surface area (Å²) in [5.74, 6) is 0.604. The second-order valence-corrected chi connectivity index (χ2v) is 4.49. The zero-order valence-electron chi connectivity index (χ0n) is 8.46. The maximum Gasteiger partial charge on any atom is 0.0479 e. The van der Waals surface area contributed by atoms with E-state index in [-0.39, 0.29) is 0 Å². The lowest BCUT2D eigenvalue weighted by molar-refractivity contribution is 1.14. The molecule has 0 aliphatic rings. The fourth-order valence-corrected chi connectivity index (χ4v) is 2.54. The number of hydrogen-bond donors (Lipinski definition) is 0. The molecular weight excluding hydrogens is 247 g/mol. The highest BCUT2D eigenvalue weighted by Gasteiger charge is 2.11. The highest BCUT2D eigenvalue weighted by Crippen LogP contribution is 2.31. The van der Waals surface area contributed by atoms with Crippen LogP contribution in [-0.2, 0) is 5.88 Å². The Morgan fingerprint density at radius 3 is 1.62 bits per heavy atom. The molecule has 0 aliphatic carbocycles. The van der Waals surface area contributed by atoms with Crippen molar-refractivity contribution >= 4 is 27.5 Å². The summed E-state index contributed by atoms with van der Waals surface area (Å²) in [7, 11) is 0. The van der Waals surface area contributed by atoms with Crippen LogP contribution >= 0.6 is 27.5 Å². The first-order chi connectivity index (χ1) is 6.00. The molecule has 0 bridgehead atoms. The zero-order valence-corrected chi connectivity index (χ0v) is 10.8. The number of alkyl halides is 1. The molecule has 0 unspecified atom stereocenters. The lowest BCUT2D eigenvalue weighted by atomic mass is 9.95. The second-order valence-electron chi connectivity index (χ2n) is 3.43. The van der Waals surface area contributed by atoms with E-state index in [1.165, 1.54) is 32.3 Å². The predicted molar refractivity (Wildman–Crippen MR) is 62.6 cm³/mol. The average Bonchev–Trinajstić information content (AvgIpc) is 2.13. The highest BCUT2D eigenvalue weighted by atomic mass is 79.9. The number of benzene rings is 1. The van der Waals surface area contributed by atoms with E-state index in [0.29, 0.717) is 5.88 Å². The first kappa shape index (κ1) is 11.1. The summed E-state index contributed by atoms with van der Waals surface area (Å²) in [6, 6.07) is 0. The van der Waals surface area contributed by atoms with Gasteiger partial charge in [-0.2, -0.15) is 0 Å². The topological polar surface area (TPSA) is 0 Å². The first-order valence-electron chi connectivity index (χ1n) is 4.31. The summed E-state index contributed by atoms with van der Waals surface area (Å²) >= 11 is 9.52. The van der Waals surface area contributed by atoms with Gasteiger partial charge in [0.2, 0.25) is 0 Å². The average molecular weight is 262 g/mol. The van der Waals surface area contributed by atoms with Crippen LogP contribution in [0.2, 0.25) is 0 Å². The highest BCUT2D eigenvalue weighted by molar-refractivity contribution is 9.10. The minimum absolute atomic E-state index is 0.604. The molecule has 0 fully saturated rings. The first-order valence-corrected chi connectivity index (χ1v) is 5.64. The van der Waals surface area contributed by atoms with E-state index in [1.807, 2.05) is 0 Å². The van der Waals surface area contributed by atoms with Crippen molar-refractivity contribution in [3.05, 3.63) is 32.3 Å². The number of rotatable bonds is 1. The van der Waals surface area contributed by atoms with Gasteiger partial charge in [0.05, 0.1) is 0 Å². The molecule has 0 heterocycles. The Balaban J connectivity index is 3.56. The lowest BCUT2D eigenvalue weighted by Gasteiger charge is -2.15. The van der Waals surface area contributed by atoms with E-state index < -0.39 is 0 Å². The molecule has 0 aliphatic heterocycles. The molecule has 0 amide bonds. The van der Waals surface area contributed by atoms with Crippen molar-refractivity contribution in [2.45, 2.75) is 33.6 Å². The molecule has 0 saturated heterocycles. The molecule has 1 aromatic carbocycles. The molecule has 0 nitrogen and oxygen atoms in total. The van der Waals surface area contributed by atoms with Gasteiger partial charge < -0.3 is 0 Å². The normalized spacial score (nSPS) is 10.6. The van der Waals surface area contributed by atoms with Gasteiger partial charge in [-0.1, -0.05) is 15.9 Å². The Bertz CT molecular complexity index is 313. The molecule has 0 spiro atoms. The van der Waals surface area contributed by atoms with Crippen LogP contribution in [-0.4, -0.2) is 0 Å². The van der Waals surface area contributed by atoms with Gasteiger partial charge in [0.25, 0.3) is 0 Å². The van der Waals surface area contributed by atoms with Gasteiger partial charge >= 0.3 is 0 Å². The monoisotopic (exact) mass is 260 g/mol. The molecule has 0 saturated carbocycles. The maximum atomic E-state index is 5.92. The van der Waals surface area contributed by atoms with Crippen LogP contribution in [0.1, 0.15) is 27.8 Å². The third-order valence-corrected chi connectivity index (χ3v) is 4.28. The van der Waals surface area contributed by atoms with Crippen molar-refractivity contribution in [3.8, 4) is 0 Å². The fraction of sp³-hybridized carbons (Fsp3) is 0.455. The van der Waals surface area contributed by atoms with Gasteiger partial charge in [0.15, 0.2) is 0 Å². The quantitative estimate of drug-likeness (QED) is 0.657. The van der Waals surface area contributed by atoms with Crippen LogP contribution in [0.25, 0.3) is 0 Å². The van der Waals surface area contributed by atoms with E-state index in [2.05, 4.69) is 43.6 Å². The molecule has 0 atom stereocenters. The minimum atomic E-state index is 0.604. The van der Waals surface area contributed by atoms with Gasteiger partial charge in [0, 0.05) is 10.4 Å². The molecule has 1 rings (SSSR count). The Hall–Kier alpha value is -0.0100. The Kier molecular flexibility index (Phi) is 3.42. The van der Waals surface area contributed by atoms with Crippen molar-refractivity contribution in [1.29, 1.82) is 0 Å². The Morgan fingerprint density at radius 1 is 0.923 bits per heavy atom. The van der Waals surface area contributed by atoms with Crippen LogP contribution in [0.3, 0.4) is 0 Å². The molecular formula is C11H14BrCl. The summed E-state index contributed by atoms with van der Waals surface area (Å²) in [5.41, 5.74) is 6.51. The molecule has 72 valence electrons. The van der Waals surface area contributed by atoms with Crippen molar-refractivity contribution in [1.82, 2.24) is 0 Å².